The van der Waals surface area contributed by atoms with Gasteiger partial charge in [0, 0.05) is 11.6 Å². The van der Waals surface area contributed by atoms with Gasteiger partial charge in [0.25, 0.3) is 0 Å². The zero-order valence-electron chi connectivity index (χ0n) is 10.5. The predicted octanol–water partition coefficient (Wildman–Crippen LogP) is 3.18. The van der Waals surface area contributed by atoms with Gasteiger partial charge in [-0.25, -0.2) is 4.79 Å². The van der Waals surface area contributed by atoms with Gasteiger partial charge in [0.1, 0.15) is 0 Å². The summed E-state index contributed by atoms with van der Waals surface area (Å²) in [6, 6.07) is 6.77. The number of hydrogen-bond donors (Lipinski definition) is 1. The summed E-state index contributed by atoms with van der Waals surface area (Å²) < 4.78 is 0. The van der Waals surface area contributed by atoms with E-state index in [0.29, 0.717) is 11.1 Å². The van der Waals surface area contributed by atoms with Gasteiger partial charge in [0.05, 0.1) is 0 Å². The van der Waals surface area contributed by atoms with Crippen molar-refractivity contribution in [2.75, 3.05) is 0 Å². The van der Waals surface area contributed by atoms with Gasteiger partial charge in [-0.15, -0.1) is 0 Å². The van der Waals surface area contributed by atoms with Crippen molar-refractivity contribution in [1.82, 2.24) is 0 Å². The van der Waals surface area contributed by atoms with Crippen molar-refractivity contribution in [3.05, 3.63) is 53.6 Å². The van der Waals surface area contributed by atoms with Crippen LogP contribution in [0.1, 0.15) is 29.8 Å². The van der Waals surface area contributed by atoms with Crippen LogP contribution in [0.4, 0.5) is 0 Å². The second kappa shape index (κ2) is 5.96. The van der Waals surface area contributed by atoms with E-state index in [1.54, 1.807) is 24.3 Å². The van der Waals surface area contributed by atoms with E-state index in [0.717, 1.165) is 11.6 Å². The van der Waals surface area contributed by atoms with E-state index >= 15 is 0 Å². The first-order valence-electron chi connectivity index (χ1n) is 5.66. The fourth-order valence-corrected chi connectivity index (χ4v) is 1.36. The third-order valence-corrected chi connectivity index (χ3v) is 2.58. The fourth-order valence-electron chi connectivity index (χ4n) is 1.36. The first kappa shape index (κ1) is 13.9. The smallest absolute Gasteiger partial charge is 0.328 e. The summed E-state index contributed by atoms with van der Waals surface area (Å²) in [5.74, 6) is -0.953. The normalized spacial score (nSPS) is 10.8. The summed E-state index contributed by atoms with van der Waals surface area (Å²) >= 11 is 0. The molecule has 0 saturated heterocycles. The number of carbonyl (C=O) groups is 2. The van der Waals surface area contributed by atoms with Crippen LogP contribution in [0.15, 0.2) is 42.5 Å². The average Bonchev–Trinajstić information content (AvgIpc) is 2.35. The zero-order valence-corrected chi connectivity index (χ0v) is 10.5. The van der Waals surface area contributed by atoms with Crippen LogP contribution in [0.5, 0.6) is 0 Å². The maximum absolute atomic E-state index is 12.0. The minimum Gasteiger partial charge on any atom is -0.478 e. The SMILES string of the molecule is C=C(C(=O)c1ccc(C=CC(=O)O)cc1)C(C)C. The number of allylic oxidation sites excluding steroid dienone is 1. The number of ketones is 1. The molecule has 0 bridgehead atoms. The number of aliphatic carboxylic acids is 1. The molecule has 0 spiro atoms. The minimum atomic E-state index is -0.997. The van der Waals surface area contributed by atoms with E-state index in [4.69, 9.17) is 5.11 Å². The molecular formula is C15H16O3. The van der Waals surface area contributed by atoms with Crippen molar-refractivity contribution < 1.29 is 14.7 Å². The molecule has 1 rings (SSSR count). The number of benzene rings is 1. The Morgan fingerprint density at radius 3 is 2.22 bits per heavy atom. The Bertz CT molecular complexity index is 493. The lowest BCUT2D eigenvalue weighted by Crippen LogP contribution is -2.07. The minimum absolute atomic E-state index is 0.0706. The van der Waals surface area contributed by atoms with E-state index < -0.39 is 5.97 Å². The van der Waals surface area contributed by atoms with Gasteiger partial charge >= 0.3 is 5.97 Å². The lowest BCUT2D eigenvalue weighted by atomic mass is 9.95. The van der Waals surface area contributed by atoms with E-state index in [1.807, 2.05) is 13.8 Å². The molecule has 94 valence electrons. The zero-order chi connectivity index (χ0) is 13.7. The Kier molecular flexibility index (Phi) is 4.60. The summed E-state index contributed by atoms with van der Waals surface area (Å²) in [6.07, 6.45) is 2.54. The largest absolute Gasteiger partial charge is 0.478 e. The van der Waals surface area contributed by atoms with Gasteiger partial charge in [-0.2, -0.15) is 0 Å². The molecule has 0 radical (unpaired) electrons. The van der Waals surface area contributed by atoms with Crippen LogP contribution in [0.3, 0.4) is 0 Å². The van der Waals surface area contributed by atoms with Gasteiger partial charge < -0.3 is 5.11 Å². The quantitative estimate of drug-likeness (QED) is 0.639. The number of rotatable bonds is 5. The van der Waals surface area contributed by atoms with Crippen molar-refractivity contribution in [2.45, 2.75) is 13.8 Å². The Labute approximate surface area is 106 Å². The molecule has 0 atom stereocenters. The van der Waals surface area contributed by atoms with Crippen LogP contribution in [0.25, 0.3) is 6.08 Å². The molecule has 3 nitrogen and oxygen atoms in total. The second-order valence-corrected chi connectivity index (χ2v) is 4.30. The van der Waals surface area contributed by atoms with Crippen LogP contribution in [0.2, 0.25) is 0 Å². The molecule has 3 heteroatoms. The predicted molar refractivity (Wildman–Crippen MR) is 71.4 cm³/mol. The lowest BCUT2D eigenvalue weighted by molar-refractivity contribution is -0.131. The summed E-state index contributed by atoms with van der Waals surface area (Å²) in [6.45, 7) is 7.61. The molecule has 1 aromatic rings. The van der Waals surface area contributed by atoms with Crippen molar-refractivity contribution in [3.63, 3.8) is 0 Å². The first-order valence-corrected chi connectivity index (χ1v) is 5.66. The molecule has 0 fully saturated rings. The topological polar surface area (TPSA) is 54.4 Å². The molecular weight excluding hydrogens is 228 g/mol. The Balaban J connectivity index is 2.86. The van der Waals surface area contributed by atoms with Crippen molar-refractivity contribution in [3.8, 4) is 0 Å². The molecule has 1 aromatic carbocycles. The van der Waals surface area contributed by atoms with E-state index in [1.165, 1.54) is 6.08 Å². The summed E-state index contributed by atoms with van der Waals surface area (Å²) in [5, 5.41) is 8.50. The molecule has 0 aliphatic heterocycles. The van der Waals surface area contributed by atoms with Crippen molar-refractivity contribution in [2.24, 2.45) is 5.92 Å². The lowest BCUT2D eigenvalue weighted by Gasteiger charge is -2.08. The molecule has 0 aromatic heterocycles. The summed E-state index contributed by atoms with van der Waals surface area (Å²) in [4.78, 5) is 22.3. The van der Waals surface area contributed by atoms with E-state index in [9.17, 15) is 9.59 Å². The summed E-state index contributed by atoms with van der Waals surface area (Å²) in [7, 11) is 0. The highest BCUT2D eigenvalue weighted by Crippen LogP contribution is 2.15. The Morgan fingerprint density at radius 1 is 1.22 bits per heavy atom. The standard InChI is InChI=1S/C15H16O3/c1-10(2)11(3)15(18)13-7-4-12(5-8-13)6-9-14(16)17/h4-10H,3H2,1-2H3,(H,16,17). The molecule has 0 aliphatic rings. The van der Waals surface area contributed by atoms with E-state index in [-0.39, 0.29) is 11.7 Å². The maximum atomic E-state index is 12.0. The van der Waals surface area contributed by atoms with Gasteiger partial charge in [0.2, 0.25) is 0 Å². The van der Waals surface area contributed by atoms with Crippen molar-refractivity contribution in [1.29, 1.82) is 0 Å². The summed E-state index contributed by atoms with van der Waals surface area (Å²) in [5.41, 5.74) is 1.88. The second-order valence-electron chi connectivity index (χ2n) is 4.30. The molecule has 0 heterocycles. The van der Waals surface area contributed by atoms with Gasteiger partial charge in [0.15, 0.2) is 5.78 Å². The number of hydrogen-bond acceptors (Lipinski definition) is 2. The number of Topliss-reactive ketones (excluding diaryl/α,β-unsaturated/α-hetero) is 1. The highest BCUT2D eigenvalue weighted by Gasteiger charge is 2.12. The number of carboxylic acid groups (broad SMARTS) is 1. The monoisotopic (exact) mass is 244 g/mol. The molecule has 0 saturated carbocycles. The van der Waals surface area contributed by atoms with Gasteiger partial charge in [-0.3, -0.25) is 4.79 Å². The molecule has 0 amide bonds. The molecule has 18 heavy (non-hydrogen) atoms. The average molecular weight is 244 g/mol. The Hall–Kier alpha value is -2.16. The van der Waals surface area contributed by atoms with Gasteiger partial charge in [-0.05, 0) is 23.1 Å². The third kappa shape index (κ3) is 3.70. The number of carboxylic acids is 1. The van der Waals surface area contributed by atoms with Crippen LogP contribution < -0.4 is 0 Å². The van der Waals surface area contributed by atoms with Crippen LogP contribution >= 0.6 is 0 Å². The first-order chi connectivity index (χ1) is 8.41. The fraction of sp³-hybridized carbons (Fsp3) is 0.200. The van der Waals surface area contributed by atoms with Crippen molar-refractivity contribution >= 4 is 17.8 Å². The molecule has 1 N–H and O–H groups in total. The molecule has 0 aliphatic carbocycles. The third-order valence-electron chi connectivity index (χ3n) is 2.58. The number of carbonyl (C=O) groups excluding carboxylic acids is 1. The highest BCUT2D eigenvalue weighted by molar-refractivity contribution is 6.08. The maximum Gasteiger partial charge on any atom is 0.328 e. The molecule has 0 unspecified atom stereocenters. The van der Waals surface area contributed by atoms with Crippen LogP contribution in [-0.2, 0) is 4.79 Å². The van der Waals surface area contributed by atoms with Crippen LogP contribution in [0, 0.1) is 5.92 Å². The van der Waals surface area contributed by atoms with E-state index in [2.05, 4.69) is 6.58 Å². The van der Waals surface area contributed by atoms with Crippen LogP contribution in [-0.4, -0.2) is 16.9 Å². The Morgan fingerprint density at radius 2 is 1.78 bits per heavy atom. The highest BCUT2D eigenvalue weighted by atomic mass is 16.4. The van der Waals surface area contributed by atoms with Gasteiger partial charge in [-0.1, -0.05) is 44.7 Å².